The summed E-state index contributed by atoms with van der Waals surface area (Å²) in [7, 11) is 1.95. The lowest BCUT2D eigenvalue weighted by Crippen LogP contribution is -2.24. The van der Waals surface area contributed by atoms with Gasteiger partial charge in [-0.15, -0.1) is 11.3 Å². The summed E-state index contributed by atoms with van der Waals surface area (Å²) in [6, 6.07) is 4.17. The van der Waals surface area contributed by atoms with E-state index in [2.05, 4.69) is 16.5 Å². The number of carbonyl (C=O) groups is 1. The molecule has 0 bridgehead atoms. The van der Waals surface area contributed by atoms with Crippen LogP contribution in [0.3, 0.4) is 0 Å². The van der Waals surface area contributed by atoms with Crippen LogP contribution in [0, 0.1) is 18.3 Å². The molecule has 1 amide bonds. The van der Waals surface area contributed by atoms with E-state index in [9.17, 15) is 10.1 Å². The van der Waals surface area contributed by atoms with Gasteiger partial charge >= 0.3 is 0 Å². The Morgan fingerprint density at radius 3 is 3.00 bits per heavy atom. The van der Waals surface area contributed by atoms with E-state index in [1.807, 2.05) is 24.9 Å². The Kier molecular flexibility index (Phi) is 5.51. The average Bonchev–Trinajstić information content (AvgIpc) is 3.15. The minimum absolute atomic E-state index is 0.0571. The fourth-order valence-corrected chi connectivity index (χ4v) is 4.36. The molecule has 0 atom stereocenters. The van der Waals surface area contributed by atoms with E-state index < -0.39 is 0 Å². The quantitative estimate of drug-likeness (QED) is 0.857. The van der Waals surface area contributed by atoms with Gasteiger partial charge in [-0.25, -0.2) is 0 Å². The van der Waals surface area contributed by atoms with Gasteiger partial charge in [0.2, 0.25) is 5.91 Å². The van der Waals surface area contributed by atoms with E-state index in [0.717, 1.165) is 42.7 Å². The first-order valence-electron chi connectivity index (χ1n) is 8.52. The number of hydrogen-bond donors (Lipinski definition) is 1. The van der Waals surface area contributed by atoms with Crippen LogP contribution in [0.15, 0.2) is 10.6 Å². The summed E-state index contributed by atoms with van der Waals surface area (Å²) >= 11 is 1.56. The number of carbonyl (C=O) groups excluding carboxylic acids is 1. The van der Waals surface area contributed by atoms with Crippen LogP contribution in [-0.4, -0.2) is 29.6 Å². The van der Waals surface area contributed by atoms with E-state index in [0.29, 0.717) is 30.1 Å². The smallest absolute Gasteiger partial charge is 0.226 e. The lowest BCUT2D eigenvalue weighted by atomic mass is 9.96. The first-order valence-corrected chi connectivity index (χ1v) is 9.33. The molecule has 132 valence electrons. The Morgan fingerprint density at radius 1 is 1.48 bits per heavy atom. The molecule has 25 heavy (non-hydrogen) atoms. The molecule has 1 N–H and O–H groups in total. The molecular weight excluding hydrogens is 336 g/mol. The first-order chi connectivity index (χ1) is 12.1. The fraction of sp³-hybridized carbons (Fsp3) is 0.500. The molecule has 2 aromatic heterocycles. The number of fused-ring (bicyclic) bond motifs is 1. The van der Waals surface area contributed by atoms with E-state index in [1.165, 1.54) is 4.88 Å². The SMILES string of the molecule is Cc1cc(CN(C)CCC(=O)Nc2sc3c(c2C#N)CCCC3)no1. The minimum atomic E-state index is -0.0571. The van der Waals surface area contributed by atoms with Crippen molar-refractivity contribution in [1.29, 1.82) is 5.26 Å². The first kappa shape index (κ1) is 17.6. The highest BCUT2D eigenvalue weighted by molar-refractivity contribution is 7.16. The summed E-state index contributed by atoms with van der Waals surface area (Å²) in [5, 5.41) is 17.1. The van der Waals surface area contributed by atoms with E-state index in [4.69, 9.17) is 4.52 Å². The maximum atomic E-state index is 12.3. The van der Waals surface area contributed by atoms with E-state index in [-0.39, 0.29) is 5.91 Å². The van der Waals surface area contributed by atoms with Gasteiger partial charge in [-0.3, -0.25) is 9.69 Å². The van der Waals surface area contributed by atoms with Crippen LogP contribution in [-0.2, 0) is 24.2 Å². The van der Waals surface area contributed by atoms with Gasteiger partial charge in [0.1, 0.15) is 16.8 Å². The third-order valence-corrected chi connectivity index (χ3v) is 5.57. The van der Waals surface area contributed by atoms with Crippen molar-refractivity contribution in [1.82, 2.24) is 10.1 Å². The number of aromatic nitrogens is 1. The molecule has 0 radical (unpaired) electrons. The summed E-state index contributed by atoms with van der Waals surface area (Å²) in [6.45, 7) is 3.11. The molecule has 7 heteroatoms. The number of nitriles is 1. The number of aryl methyl sites for hydroxylation is 2. The molecule has 2 aromatic rings. The molecule has 0 aromatic carbocycles. The Morgan fingerprint density at radius 2 is 2.28 bits per heavy atom. The van der Waals surface area contributed by atoms with Gasteiger partial charge in [-0.05, 0) is 45.2 Å². The lowest BCUT2D eigenvalue weighted by Gasteiger charge is -2.14. The van der Waals surface area contributed by atoms with Gasteiger partial charge in [0.15, 0.2) is 0 Å². The Hall–Kier alpha value is -2.17. The van der Waals surface area contributed by atoms with Crippen LogP contribution in [0.25, 0.3) is 0 Å². The van der Waals surface area contributed by atoms with Crippen LogP contribution in [0.5, 0.6) is 0 Å². The second-order valence-electron chi connectivity index (χ2n) is 6.49. The molecular formula is C18H22N4O2S. The van der Waals surface area contributed by atoms with Gasteiger partial charge in [0, 0.05) is 30.5 Å². The second-order valence-corrected chi connectivity index (χ2v) is 7.60. The number of thiophene rings is 1. The Bertz CT molecular complexity index is 803. The molecule has 0 saturated heterocycles. The molecule has 0 spiro atoms. The molecule has 0 unspecified atom stereocenters. The molecule has 3 rings (SSSR count). The van der Waals surface area contributed by atoms with Crippen molar-refractivity contribution in [2.75, 3.05) is 18.9 Å². The van der Waals surface area contributed by atoms with Crippen molar-refractivity contribution < 1.29 is 9.32 Å². The van der Waals surface area contributed by atoms with Crippen LogP contribution in [0.1, 0.15) is 46.7 Å². The van der Waals surface area contributed by atoms with E-state index in [1.54, 1.807) is 11.3 Å². The van der Waals surface area contributed by atoms with Crippen molar-refractivity contribution >= 4 is 22.2 Å². The second kappa shape index (κ2) is 7.81. The predicted octanol–water partition coefficient (Wildman–Crippen LogP) is 3.26. The minimum Gasteiger partial charge on any atom is -0.361 e. The van der Waals surface area contributed by atoms with Crippen molar-refractivity contribution in [3.05, 3.63) is 33.5 Å². The highest BCUT2D eigenvalue weighted by Crippen LogP contribution is 2.37. The van der Waals surface area contributed by atoms with Crippen molar-refractivity contribution in [2.45, 2.75) is 45.6 Å². The largest absolute Gasteiger partial charge is 0.361 e. The van der Waals surface area contributed by atoms with E-state index >= 15 is 0 Å². The Balaban J connectivity index is 1.54. The molecule has 1 aliphatic carbocycles. The molecule has 0 aliphatic heterocycles. The number of anilines is 1. The van der Waals surface area contributed by atoms with Crippen LogP contribution < -0.4 is 5.32 Å². The molecule has 1 aliphatic rings. The van der Waals surface area contributed by atoms with Gasteiger partial charge in [0.25, 0.3) is 0 Å². The van der Waals surface area contributed by atoms with Gasteiger partial charge in [0.05, 0.1) is 11.3 Å². The zero-order chi connectivity index (χ0) is 17.8. The van der Waals surface area contributed by atoms with Gasteiger partial charge in [-0.2, -0.15) is 5.26 Å². The lowest BCUT2D eigenvalue weighted by molar-refractivity contribution is -0.116. The summed E-state index contributed by atoms with van der Waals surface area (Å²) in [6.07, 6.45) is 4.63. The number of nitrogens with zero attached hydrogens (tertiary/aromatic N) is 3. The summed E-state index contributed by atoms with van der Waals surface area (Å²) in [5.74, 6) is 0.727. The molecule has 2 heterocycles. The van der Waals surface area contributed by atoms with Crippen LogP contribution in [0.4, 0.5) is 5.00 Å². The zero-order valence-corrected chi connectivity index (χ0v) is 15.4. The van der Waals surface area contributed by atoms with Crippen molar-refractivity contribution in [3.8, 4) is 6.07 Å². The highest BCUT2D eigenvalue weighted by Gasteiger charge is 2.21. The summed E-state index contributed by atoms with van der Waals surface area (Å²) in [5.41, 5.74) is 2.67. The maximum Gasteiger partial charge on any atom is 0.226 e. The third kappa shape index (κ3) is 4.27. The fourth-order valence-electron chi connectivity index (χ4n) is 3.10. The molecule has 0 fully saturated rings. The molecule has 6 nitrogen and oxygen atoms in total. The highest BCUT2D eigenvalue weighted by atomic mass is 32.1. The van der Waals surface area contributed by atoms with Crippen LogP contribution in [0.2, 0.25) is 0 Å². The predicted molar refractivity (Wildman–Crippen MR) is 96.5 cm³/mol. The average molecular weight is 358 g/mol. The summed E-state index contributed by atoms with van der Waals surface area (Å²) in [4.78, 5) is 15.6. The van der Waals surface area contributed by atoms with Crippen molar-refractivity contribution in [3.63, 3.8) is 0 Å². The number of hydrogen-bond acceptors (Lipinski definition) is 6. The maximum absolute atomic E-state index is 12.3. The summed E-state index contributed by atoms with van der Waals surface area (Å²) < 4.78 is 5.05. The van der Waals surface area contributed by atoms with Gasteiger partial charge in [-0.1, -0.05) is 5.16 Å². The topological polar surface area (TPSA) is 82.2 Å². The third-order valence-electron chi connectivity index (χ3n) is 4.37. The number of nitrogens with one attached hydrogen (secondary N) is 1. The zero-order valence-electron chi connectivity index (χ0n) is 14.6. The molecule has 0 saturated carbocycles. The number of amides is 1. The van der Waals surface area contributed by atoms with Crippen LogP contribution >= 0.6 is 11.3 Å². The Labute approximate surface area is 151 Å². The number of rotatable bonds is 6. The normalized spacial score (nSPS) is 13.5. The monoisotopic (exact) mass is 358 g/mol. The van der Waals surface area contributed by atoms with Gasteiger partial charge < -0.3 is 9.84 Å². The van der Waals surface area contributed by atoms with Crippen molar-refractivity contribution in [2.24, 2.45) is 0 Å². The standard InChI is InChI=1S/C18H22N4O2S/c1-12-9-13(21-24-12)11-22(2)8-7-17(23)20-18-15(10-19)14-5-3-4-6-16(14)25-18/h9H,3-8,11H2,1-2H3,(H,20,23).